The summed E-state index contributed by atoms with van der Waals surface area (Å²) < 4.78 is 16.6. The van der Waals surface area contributed by atoms with Crippen LogP contribution in [0.4, 0.5) is 4.79 Å². The van der Waals surface area contributed by atoms with Crippen LogP contribution in [0, 0.1) is 5.92 Å². The number of fused-ring (bicyclic) bond motifs is 1. The van der Waals surface area contributed by atoms with E-state index in [-0.39, 0.29) is 12.1 Å². The van der Waals surface area contributed by atoms with Gasteiger partial charge in [0.1, 0.15) is 5.75 Å². The van der Waals surface area contributed by atoms with Gasteiger partial charge in [-0.3, -0.25) is 4.79 Å². The summed E-state index contributed by atoms with van der Waals surface area (Å²) in [5, 5.41) is 9.09. The number of nitrogens with zero attached hydrogens (tertiary/aromatic N) is 1. The maximum atomic E-state index is 13.2. The molecular formula is C26H33NO6. The Kier molecular flexibility index (Phi) is 8.20. The Balaban J connectivity index is 1.76. The minimum Gasteiger partial charge on any atom is -0.493 e. The van der Waals surface area contributed by atoms with Crippen molar-refractivity contribution in [3.63, 3.8) is 0 Å². The van der Waals surface area contributed by atoms with E-state index in [9.17, 15) is 9.59 Å². The number of ether oxygens (including phenoxy) is 3. The fourth-order valence-electron chi connectivity index (χ4n) is 4.18. The fraction of sp³-hybridized carbons (Fsp3) is 0.462. The molecule has 7 heteroatoms. The molecule has 33 heavy (non-hydrogen) atoms. The first-order chi connectivity index (χ1) is 15.9. The van der Waals surface area contributed by atoms with Crippen LogP contribution < -0.4 is 14.2 Å². The quantitative estimate of drug-likeness (QED) is 0.567. The Morgan fingerprint density at radius 1 is 1.09 bits per heavy atom. The molecule has 0 bridgehead atoms. The lowest BCUT2D eigenvalue weighted by Gasteiger charge is -2.36. The maximum absolute atomic E-state index is 13.2. The third kappa shape index (κ3) is 5.97. The molecule has 2 atom stereocenters. The number of aliphatic carboxylic acids is 1. The number of unbranched alkanes of at least 4 members (excludes halogenated alkanes) is 1. The summed E-state index contributed by atoms with van der Waals surface area (Å²) in [6, 6.07) is 11.0. The molecule has 1 aliphatic rings. The van der Waals surface area contributed by atoms with Crippen LogP contribution in [0.2, 0.25) is 0 Å². The number of amides is 1. The van der Waals surface area contributed by atoms with E-state index >= 15 is 0 Å². The molecule has 1 heterocycles. The van der Waals surface area contributed by atoms with Gasteiger partial charge in [0.05, 0.1) is 20.1 Å². The summed E-state index contributed by atoms with van der Waals surface area (Å²) >= 11 is 0. The van der Waals surface area contributed by atoms with Crippen LogP contribution in [-0.2, 0) is 24.2 Å². The highest BCUT2D eigenvalue weighted by Crippen LogP contribution is 2.36. The maximum Gasteiger partial charge on any atom is 0.415 e. The first-order valence-corrected chi connectivity index (χ1v) is 11.4. The van der Waals surface area contributed by atoms with Crippen LogP contribution in [0.5, 0.6) is 17.2 Å². The minimum absolute atomic E-state index is 0.0405. The second-order valence-electron chi connectivity index (χ2n) is 8.56. The molecule has 3 rings (SSSR count). The van der Waals surface area contributed by atoms with E-state index in [4.69, 9.17) is 19.3 Å². The molecular weight excluding hydrogens is 422 g/mol. The monoisotopic (exact) mass is 455 g/mol. The minimum atomic E-state index is -0.830. The number of methoxy groups -OCH3 is 2. The lowest BCUT2D eigenvalue weighted by atomic mass is 9.91. The van der Waals surface area contributed by atoms with E-state index < -0.39 is 11.9 Å². The molecule has 0 aliphatic carbocycles. The predicted molar refractivity (Wildman–Crippen MR) is 125 cm³/mol. The average Bonchev–Trinajstić information content (AvgIpc) is 2.82. The summed E-state index contributed by atoms with van der Waals surface area (Å²) in [7, 11) is 3.23. The molecule has 7 nitrogen and oxygen atoms in total. The zero-order valence-corrected chi connectivity index (χ0v) is 19.8. The standard InChI is InChI=1S/C26H33NO6/c1-5-6-7-21-13-19-14-23(31-3)24(32-4)15-20(19)16-27(21)26(30)33-22-10-8-18(9-11-22)12-17(2)25(28)29/h8-11,14-15,17,21H,5-7,12-13,16H2,1-4H3,(H,28,29). The molecule has 0 radical (unpaired) electrons. The van der Waals surface area contributed by atoms with Gasteiger partial charge in [0, 0.05) is 12.6 Å². The van der Waals surface area contributed by atoms with Crippen LogP contribution in [0.15, 0.2) is 36.4 Å². The van der Waals surface area contributed by atoms with Crippen LogP contribution in [-0.4, -0.2) is 42.3 Å². The summed E-state index contributed by atoms with van der Waals surface area (Å²) in [4.78, 5) is 26.0. The van der Waals surface area contributed by atoms with Gasteiger partial charge in [0.15, 0.2) is 11.5 Å². The lowest BCUT2D eigenvalue weighted by molar-refractivity contribution is -0.141. The molecule has 0 saturated heterocycles. The van der Waals surface area contributed by atoms with Gasteiger partial charge in [-0.05, 0) is 60.2 Å². The molecule has 0 fully saturated rings. The molecule has 2 aromatic carbocycles. The van der Waals surface area contributed by atoms with Gasteiger partial charge in [-0.15, -0.1) is 0 Å². The van der Waals surface area contributed by atoms with Crippen molar-refractivity contribution in [1.29, 1.82) is 0 Å². The SMILES string of the molecule is CCCCC1Cc2cc(OC)c(OC)cc2CN1C(=O)Oc1ccc(CC(C)C(=O)O)cc1. The van der Waals surface area contributed by atoms with Crippen molar-refractivity contribution >= 4 is 12.1 Å². The van der Waals surface area contributed by atoms with E-state index in [0.717, 1.165) is 42.4 Å². The first-order valence-electron chi connectivity index (χ1n) is 11.4. The molecule has 0 aromatic heterocycles. The summed E-state index contributed by atoms with van der Waals surface area (Å²) in [5.41, 5.74) is 3.07. The number of carboxylic acid groups (broad SMARTS) is 1. The van der Waals surface area contributed by atoms with E-state index in [1.54, 1.807) is 50.3 Å². The van der Waals surface area contributed by atoms with Gasteiger partial charge in [-0.25, -0.2) is 4.79 Å². The van der Waals surface area contributed by atoms with Crippen LogP contribution >= 0.6 is 0 Å². The number of carboxylic acids is 1. The number of rotatable bonds is 9. The van der Waals surface area contributed by atoms with Gasteiger partial charge in [-0.1, -0.05) is 38.8 Å². The summed E-state index contributed by atoms with van der Waals surface area (Å²) in [5.74, 6) is 0.477. The van der Waals surface area contributed by atoms with Crippen molar-refractivity contribution in [1.82, 2.24) is 4.90 Å². The first kappa shape index (κ1) is 24.4. The molecule has 178 valence electrons. The second-order valence-corrected chi connectivity index (χ2v) is 8.56. The molecule has 2 aromatic rings. The number of hydrogen-bond acceptors (Lipinski definition) is 5. The highest BCUT2D eigenvalue weighted by molar-refractivity contribution is 5.72. The van der Waals surface area contributed by atoms with E-state index in [0.29, 0.717) is 30.2 Å². The number of benzene rings is 2. The summed E-state index contributed by atoms with van der Waals surface area (Å²) in [6.45, 7) is 4.25. The average molecular weight is 456 g/mol. The van der Waals surface area contributed by atoms with Crippen LogP contribution in [0.3, 0.4) is 0 Å². The number of carbonyl (C=O) groups excluding carboxylic acids is 1. The molecule has 1 amide bonds. The smallest absolute Gasteiger partial charge is 0.415 e. The highest BCUT2D eigenvalue weighted by atomic mass is 16.6. The van der Waals surface area contributed by atoms with E-state index in [1.807, 2.05) is 12.1 Å². The van der Waals surface area contributed by atoms with Gasteiger partial charge in [-0.2, -0.15) is 0 Å². The Morgan fingerprint density at radius 2 is 1.73 bits per heavy atom. The molecule has 0 saturated carbocycles. The fourth-order valence-corrected chi connectivity index (χ4v) is 4.18. The third-order valence-electron chi connectivity index (χ3n) is 6.16. The molecule has 1 N–H and O–H groups in total. The van der Waals surface area contributed by atoms with Gasteiger partial charge in [0.25, 0.3) is 0 Å². The van der Waals surface area contributed by atoms with Crippen molar-refractivity contribution < 1.29 is 28.9 Å². The molecule has 0 spiro atoms. The van der Waals surface area contributed by atoms with Crippen molar-refractivity contribution in [2.75, 3.05) is 14.2 Å². The highest BCUT2D eigenvalue weighted by Gasteiger charge is 2.32. The van der Waals surface area contributed by atoms with Gasteiger partial charge in [0.2, 0.25) is 0 Å². The van der Waals surface area contributed by atoms with E-state index in [1.165, 1.54) is 0 Å². The van der Waals surface area contributed by atoms with Crippen LogP contribution in [0.1, 0.15) is 49.8 Å². The molecule has 2 unspecified atom stereocenters. The zero-order chi connectivity index (χ0) is 24.0. The summed E-state index contributed by atoms with van der Waals surface area (Å²) in [6.07, 6.45) is 3.74. The van der Waals surface area contributed by atoms with Gasteiger partial charge < -0.3 is 24.2 Å². The second kappa shape index (κ2) is 11.1. The normalized spacial score (nSPS) is 16.0. The van der Waals surface area contributed by atoms with Gasteiger partial charge >= 0.3 is 12.1 Å². The largest absolute Gasteiger partial charge is 0.493 e. The van der Waals surface area contributed by atoms with E-state index in [2.05, 4.69) is 6.92 Å². The van der Waals surface area contributed by atoms with Crippen molar-refractivity contribution in [3.8, 4) is 17.2 Å². The molecule has 1 aliphatic heterocycles. The predicted octanol–water partition coefficient (Wildman–Crippen LogP) is 5.08. The Hall–Kier alpha value is -3.22. The van der Waals surface area contributed by atoms with Crippen molar-refractivity contribution in [2.45, 2.75) is 58.5 Å². The van der Waals surface area contributed by atoms with Crippen molar-refractivity contribution in [3.05, 3.63) is 53.1 Å². The third-order valence-corrected chi connectivity index (χ3v) is 6.16. The Bertz CT molecular complexity index is 971. The Labute approximate surface area is 195 Å². The lowest BCUT2D eigenvalue weighted by Crippen LogP contribution is -2.45. The number of hydrogen-bond donors (Lipinski definition) is 1. The zero-order valence-electron chi connectivity index (χ0n) is 19.8. The Morgan fingerprint density at radius 3 is 2.30 bits per heavy atom. The number of carbonyl (C=O) groups is 2. The van der Waals surface area contributed by atoms with Crippen LogP contribution in [0.25, 0.3) is 0 Å². The topological polar surface area (TPSA) is 85.3 Å². The van der Waals surface area contributed by atoms with Crippen molar-refractivity contribution in [2.24, 2.45) is 5.92 Å².